The van der Waals surface area contributed by atoms with Crippen LogP contribution < -0.4 is 0 Å². The Morgan fingerprint density at radius 2 is 2.16 bits per heavy atom. The van der Waals surface area contributed by atoms with Crippen molar-refractivity contribution < 1.29 is 0 Å². The van der Waals surface area contributed by atoms with E-state index in [0.29, 0.717) is 12.4 Å². The maximum Gasteiger partial charge on any atom is 0.125 e. The summed E-state index contributed by atoms with van der Waals surface area (Å²) >= 11 is 9.46. The Morgan fingerprint density at radius 1 is 1.26 bits per heavy atom. The van der Waals surface area contributed by atoms with Crippen molar-refractivity contribution >= 4 is 38.6 Å². The molecule has 0 N–H and O–H groups in total. The van der Waals surface area contributed by atoms with Gasteiger partial charge in [-0.05, 0) is 30.3 Å². The van der Waals surface area contributed by atoms with Crippen LogP contribution in [0, 0.1) is 0 Å². The molecule has 3 rings (SSSR count). The second-order valence-electron chi connectivity index (χ2n) is 4.10. The van der Waals surface area contributed by atoms with Crippen molar-refractivity contribution in [3.05, 3.63) is 52.5 Å². The quantitative estimate of drug-likeness (QED) is 0.688. The standard InChI is InChI=1S/C13H10BrClN4/c14-9-3-4-11-12(6-9)19(13(7-15)17-11)8-10-2-1-5-16-18-10/h1-6H,7-8H2. The van der Waals surface area contributed by atoms with Crippen LogP contribution in [0.2, 0.25) is 0 Å². The number of rotatable bonds is 3. The van der Waals surface area contributed by atoms with Crippen molar-refractivity contribution in [2.45, 2.75) is 12.4 Å². The zero-order valence-corrected chi connectivity index (χ0v) is 12.3. The van der Waals surface area contributed by atoms with Crippen molar-refractivity contribution in [1.82, 2.24) is 19.7 Å². The summed E-state index contributed by atoms with van der Waals surface area (Å²) in [6.45, 7) is 0.614. The van der Waals surface area contributed by atoms with Crippen LogP contribution >= 0.6 is 27.5 Å². The van der Waals surface area contributed by atoms with E-state index in [-0.39, 0.29) is 0 Å². The molecule has 1 aromatic carbocycles. The summed E-state index contributed by atoms with van der Waals surface area (Å²) in [5.74, 6) is 1.20. The van der Waals surface area contributed by atoms with Gasteiger partial charge in [0.2, 0.25) is 0 Å². The topological polar surface area (TPSA) is 43.6 Å². The van der Waals surface area contributed by atoms with Gasteiger partial charge < -0.3 is 4.57 Å². The zero-order chi connectivity index (χ0) is 13.2. The zero-order valence-electron chi connectivity index (χ0n) is 9.92. The lowest BCUT2D eigenvalue weighted by atomic mass is 10.3. The third-order valence-corrected chi connectivity index (χ3v) is 3.59. The minimum Gasteiger partial charge on any atom is -0.321 e. The molecule has 0 atom stereocenters. The third-order valence-electron chi connectivity index (χ3n) is 2.86. The normalized spacial score (nSPS) is 11.1. The molecule has 19 heavy (non-hydrogen) atoms. The van der Waals surface area contributed by atoms with E-state index in [0.717, 1.165) is 27.0 Å². The fourth-order valence-electron chi connectivity index (χ4n) is 2.00. The maximum atomic E-state index is 5.98. The van der Waals surface area contributed by atoms with Gasteiger partial charge in [-0.25, -0.2) is 4.98 Å². The Balaban J connectivity index is 2.12. The number of alkyl halides is 1. The van der Waals surface area contributed by atoms with Crippen LogP contribution in [0.15, 0.2) is 41.0 Å². The van der Waals surface area contributed by atoms with E-state index >= 15 is 0 Å². The molecule has 0 aliphatic heterocycles. The summed E-state index contributed by atoms with van der Waals surface area (Å²) in [4.78, 5) is 4.53. The molecular formula is C13H10BrClN4. The number of fused-ring (bicyclic) bond motifs is 1. The van der Waals surface area contributed by atoms with E-state index in [9.17, 15) is 0 Å². The van der Waals surface area contributed by atoms with Crippen LogP contribution in [0.4, 0.5) is 0 Å². The summed E-state index contributed by atoms with van der Waals surface area (Å²) in [5.41, 5.74) is 2.85. The molecular weight excluding hydrogens is 328 g/mol. The number of hydrogen-bond donors (Lipinski definition) is 0. The van der Waals surface area contributed by atoms with Crippen molar-refractivity contribution in [2.75, 3.05) is 0 Å². The average Bonchev–Trinajstić information content (AvgIpc) is 2.78. The summed E-state index contributed by atoms with van der Waals surface area (Å²) in [5, 5.41) is 8.00. The van der Waals surface area contributed by atoms with E-state index in [2.05, 4.69) is 35.7 Å². The molecule has 0 bridgehead atoms. The van der Waals surface area contributed by atoms with Crippen LogP contribution in [0.25, 0.3) is 11.0 Å². The van der Waals surface area contributed by atoms with Gasteiger partial charge in [0.05, 0.1) is 29.2 Å². The van der Waals surface area contributed by atoms with Gasteiger partial charge in [-0.2, -0.15) is 10.2 Å². The van der Waals surface area contributed by atoms with Gasteiger partial charge in [0.1, 0.15) is 5.82 Å². The second kappa shape index (κ2) is 5.27. The van der Waals surface area contributed by atoms with Crippen molar-refractivity contribution in [3.8, 4) is 0 Å². The third kappa shape index (κ3) is 2.48. The van der Waals surface area contributed by atoms with E-state index in [1.54, 1.807) is 6.20 Å². The summed E-state index contributed by atoms with van der Waals surface area (Å²) in [6, 6.07) is 9.80. The van der Waals surface area contributed by atoms with Gasteiger partial charge in [-0.15, -0.1) is 11.6 Å². The molecule has 0 aliphatic rings. The lowest BCUT2D eigenvalue weighted by molar-refractivity contribution is 0.740. The maximum absolute atomic E-state index is 5.98. The monoisotopic (exact) mass is 336 g/mol. The van der Waals surface area contributed by atoms with Gasteiger partial charge in [-0.1, -0.05) is 15.9 Å². The van der Waals surface area contributed by atoms with Crippen LogP contribution in [-0.4, -0.2) is 19.7 Å². The van der Waals surface area contributed by atoms with Gasteiger partial charge in [0, 0.05) is 10.7 Å². The minimum absolute atomic E-state index is 0.368. The van der Waals surface area contributed by atoms with E-state index < -0.39 is 0 Å². The molecule has 0 amide bonds. The number of imidazole rings is 1. The summed E-state index contributed by atoms with van der Waals surface area (Å²) < 4.78 is 3.08. The van der Waals surface area contributed by atoms with Gasteiger partial charge >= 0.3 is 0 Å². The summed E-state index contributed by atoms with van der Waals surface area (Å²) in [6.07, 6.45) is 1.66. The molecule has 0 spiro atoms. The van der Waals surface area contributed by atoms with Gasteiger partial charge in [-0.3, -0.25) is 0 Å². The predicted molar refractivity (Wildman–Crippen MR) is 78.1 cm³/mol. The molecule has 0 fully saturated rings. The van der Waals surface area contributed by atoms with Crippen molar-refractivity contribution in [2.24, 2.45) is 0 Å². The molecule has 2 heterocycles. The Kier molecular flexibility index (Phi) is 3.48. The molecule has 6 heteroatoms. The lowest BCUT2D eigenvalue weighted by Gasteiger charge is -2.06. The first-order valence-corrected chi connectivity index (χ1v) is 7.08. The van der Waals surface area contributed by atoms with E-state index in [1.807, 2.05) is 30.3 Å². The first-order valence-electron chi connectivity index (χ1n) is 5.75. The molecule has 3 aromatic rings. The Morgan fingerprint density at radius 3 is 2.89 bits per heavy atom. The largest absolute Gasteiger partial charge is 0.321 e. The predicted octanol–water partition coefficient (Wildman–Crippen LogP) is 3.38. The molecule has 0 unspecified atom stereocenters. The molecule has 2 aromatic heterocycles. The molecule has 0 saturated heterocycles. The van der Waals surface area contributed by atoms with Crippen LogP contribution in [-0.2, 0) is 12.4 Å². The first kappa shape index (κ1) is 12.6. The molecule has 0 aliphatic carbocycles. The smallest absolute Gasteiger partial charge is 0.125 e. The van der Waals surface area contributed by atoms with Crippen LogP contribution in [0.1, 0.15) is 11.5 Å². The highest BCUT2D eigenvalue weighted by molar-refractivity contribution is 9.10. The fraction of sp³-hybridized carbons (Fsp3) is 0.154. The van der Waals surface area contributed by atoms with Gasteiger partial charge in [0.15, 0.2) is 0 Å². The number of hydrogen-bond acceptors (Lipinski definition) is 3. The molecule has 0 saturated carbocycles. The second-order valence-corrected chi connectivity index (χ2v) is 5.28. The molecule has 0 radical (unpaired) electrons. The number of halogens is 2. The summed E-state index contributed by atoms with van der Waals surface area (Å²) in [7, 11) is 0. The highest BCUT2D eigenvalue weighted by Crippen LogP contribution is 2.22. The van der Waals surface area contributed by atoms with E-state index in [1.165, 1.54) is 0 Å². The van der Waals surface area contributed by atoms with Gasteiger partial charge in [0.25, 0.3) is 0 Å². The molecule has 4 nitrogen and oxygen atoms in total. The number of aromatic nitrogens is 4. The first-order chi connectivity index (χ1) is 9.28. The highest BCUT2D eigenvalue weighted by atomic mass is 79.9. The Hall–Kier alpha value is -1.46. The Bertz CT molecular complexity index is 711. The SMILES string of the molecule is ClCc1nc2ccc(Br)cc2n1Cc1cccnn1. The van der Waals surface area contributed by atoms with E-state index in [4.69, 9.17) is 11.6 Å². The fourth-order valence-corrected chi connectivity index (χ4v) is 2.56. The molecule has 96 valence electrons. The highest BCUT2D eigenvalue weighted by Gasteiger charge is 2.11. The van der Waals surface area contributed by atoms with Crippen molar-refractivity contribution in [3.63, 3.8) is 0 Å². The Labute approximate surface area is 123 Å². The van der Waals surface area contributed by atoms with Crippen LogP contribution in [0.5, 0.6) is 0 Å². The minimum atomic E-state index is 0.368. The lowest BCUT2D eigenvalue weighted by Crippen LogP contribution is -2.05. The van der Waals surface area contributed by atoms with Crippen LogP contribution in [0.3, 0.4) is 0 Å². The number of nitrogens with zero attached hydrogens (tertiary/aromatic N) is 4. The van der Waals surface area contributed by atoms with Crippen molar-refractivity contribution in [1.29, 1.82) is 0 Å². The average molecular weight is 338 g/mol. The number of benzene rings is 1.